The molecule has 2 nitrogen and oxygen atoms in total. The Hall–Kier alpha value is 0.354. The third-order valence-corrected chi connectivity index (χ3v) is 7.65. The van der Waals surface area contributed by atoms with E-state index in [1.165, 1.54) is 10.4 Å². The molecule has 0 atom stereocenters. The predicted octanol–water partition coefficient (Wildman–Crippen LogP) is 0.0964. The fourth-order valence-electron chi connectivity index (χ4n) is 0.742. The van der Waals surface area contributed by atoms with Gasteiger partial charge < -0.3 is 8.80 Å². The first-order valence-corrected chi connectivity index (χ1v) is 7.13. The minimum Gasteiger partial charge on any atom is -0.342 e. The lowest BCUT2D eigenvalue weighted by Gasteiger charge is -2.40. The van der Waals surface area contributed by atoms with Gasteiger partial charge in [-0.15, -0.1) is 0 Å². The van der Waals surface area contributed by atoms with E-state index >= 15 is 0 Å². The highest BCUT2D eigenvalue weighted by atomic mass is 28.3. The Labute approximate surface area is 89.2 Å². The highest BCUT2D eigenvalue weighted by molar-refractivity contribution is 6.39. The van der Waals surface area contributed by atoms with Crippen molar-refractivity contribution >= 4 is 20.2 Å². The van der Waals surface area contributed by atoms with Crippen molar-refractivity contribution in [2.24, 2.45) is 0 Å². The van der Waals surface area contributed by atoms with Crippen LogP contribution in [0.3, 0.4) is 0 Å². The highest BCUT2D eigenvalue weighted by Gasteiger charge is 2.23. The van der Waals surface area contributed by atoms with Crippen molar-refractivity contribution in [1.29, 1.82) is 0 Å². The summed E-state index contributed by atoms with van der Waals surface area (Å²) >= 11 is 0. The van der Waals surface area contributed by atoms with E-state index in [0.29, 0.717) is 11.1 Å². The van der Waals surface area contributed by atoms with E-state index in [2.05, 4.69) is 57.4 Å². The molecule has 0 heterocycles. The largest absolute Gasteiger partial charge is 0.342 e. The molecule has 0 aromatic heterocycles. The van der Waals surface area contributed by atoms with Gasteiger partial charge in [-0.25, -0.2) is 0 Å². The van der Waals surface area contributed by atoms with Crippen molar-refractivity contribution in [2.75, 3.05) is 7.05 Å². The molecule has 0 saturated carbocycles. The summed E-state index contributed by atoms with van der Waals surface area (Å²) in [5, 5.41) is 0. The Morgan fingerprint density at radius 2 is 1.31 bits per heavy atom. The molecule has 0 fully saturated rings. The van der Waals surface area contributed by atoms with Gasteiger partial charge in [-0.05, 0) is 54.1 Å². The van der Waals surface area contributed by atoms with Crippen LogP contribution >= 0.6 is 0 Å². The topological polar surface area (TPSA) is 6.48 Å². The lowest BCUT2D eigenvalue weighted by atomic mass is 10.1. The average Bonchev–Trinajstić information content (AvgIpc) is 1.82. The van der Waals surface area contributed by atoms with E-state index in [1.54, 1.807) is 0 Å². The lowest BCUT2D eigenvalue weighted by molar-refractivity contribution is 0.266. The van der Waals surface area contributed by atoms with Crippen LogP contribution in [0, 0.1) is 0 Å². The molecule has 0 bridgehead atoms. The highest BCUT2D eigenvalue weighted by Crippen LogP contribution is 2.13. The van der Waals surface area contributed by atoms with Crippen LogP contribution in [0.2, 0.25) is 0 Å². The molecule has 0 unspecified atom stereocenters. The molecule has 0 N–H and O–H groups in total. The van der Waals surface area contributed by atoms with E-state index in [-0.39, 0.29) is 9.84 Å². The van der Waals surface area contributed by atoms with Crippen LogP contribution in [0.5, 0.6) is 0 Å². The maximum Gasteiger partial charge on any atom is 0.166 e. The molecule has 0 spiro atoms. The third kappa shape index (κ3) is 4.95. The fraction of sp³-hybridized carbons (Fsp3) is 1.00. The number of hydrogen-bond acceptors (Lipinski definition) is 2. The van der Waals surface area contributed by atoms with Gasteiger partial charge in [-0.3, -0.25) is 0 Å². The molecule has 4 heteroatoms. The summed E-state index contributed by atoms with van der Waals surface area (Å²) in [6, 6.07) is 0. The fourth-order valence-corrected chi connectivity index (χ4v) is 3.50. The molecule has 0 radical (unpaired) electrons. The van der Waals surface area contributed by atoms with Crippen LogP contribution in [0.15, 0.2) is 0 Å². The van der Waals surface area contributed by atoms with Gasteiger partial charge >= 0.3 is 0 Å². The van der Waals surface area contributed by atoms with E-state index in [9.17, 15) is 0 Å². The van der Waals surface area contributed by atoms with Gasteiger partial charge in [-0.1, -0.05) is 0 Å². The van der Waals surface area contributed by atoms with E-state index in [1.807, 2.05) is 0 Å². The van der Waals surface area contributed by atoms with Crippen molar-refractivity contribution in [2.45, 2.75) is 52.6 Å². The lowest BCUT2D eigenvalue weighted by Crippen LogP contribution is -2.53. The molecule has 0 amide bonds. The second-order valence-corrected chi connectivity index (χ2v) is 10.4. The molecule has 0 aliphatic heterocycles. The van der Waals surface area contributed by atoms with Crippen LogP contribution in [-0.4, -0.2) is 47.2 Å². The standard InChI is InChI=1S/C9H26N2Si2/c1-8(2,3)10(7)13-11(12)9(4,5)6/h13H2,1-7,12H3. The zero-order valence-electron chi connectivity index (χ0n) is 10.6. The summed E-state index contributed by atoms with van der Waals surface area (Å²) in [4.78, 5) is 0. The Morgan fingerprint density at radius 3 is 1.54 bits per heavy atom. The second-order valence-electron chi connectivity index (χ2n) is 5.88. The molecular weight excluding hydrogens is 192 g/mol. The van der Waals surface area contributed by atoms with Gasteiger partial charge in [0.15, 0.2) is 9.84 Å². The van der Waals surface area contributed by atoms with Crippen molar-refractivity contribution in [3.05, 3.63) is 0 Å². The average molecular weight is 218 g/mol. The number of nitrogens with zero attached hydrogens (tertiary/aromatic N) is 2. The smallest absolute Gasteiger partial charge is 0.166 e. The van der Waals surface area contributed by atoms with Crippen LogP contribution in [-0.2, 0) is 0 Å². The zero-order valence-corrected chi connectivity index (χ0v) is 14.0. The monoisotopic (exact) mass is 218 g/mol. The van der Waals surface area contributed by atoms with E-state index in [4.69, 9.17) is 0 Å². The summed E-state index contributed by atoms with van der Waals surface area (Å²) < 4.78 is 5.17. The molecule has 80 valence electrons. The summed E-state index contributed by atoms with van der Waals surface area (Å²) in [6.07, 6.45) is 0. The molecule has 0 aliphatic carbocycles. The van der Waals surface area contributed by atoms with Gasteiger partial charge in [-0.2, -0.15) is 0 Å². The maximum absolute atomic E-state index is 2.64. The van der Waals surface area contributed by atoms with Gasteiger partial charge in [0.2, 0.25) is 0 Å². The summed E-state index contributed by atoms with van der Waals surface area (Å²) in [5.41, 5.74) is 0.706. The molecular formula is C9H26N2Si2. The summed E-state index contributed by atoms with van der Waals surface area (Å²) in [7, 11) is 3.22. The normalized spacial score (nSPS) is 15.5. The minimum atomic E-state index is -0.220. The quantitative estimate of drug-likeness (QED) is 0.607. The first-order valence-electron chi connectivity index (χ1n) is 4.97. The second kappa shape index (κ2) is 4.25. The Kier molecular flexibility index (Phi) is 4.37. The van der Waals surface area contributed by atoms with Crippen molar-refractivity contribution in [1.82, 2.24) is 8.80 Å². The molecule has 0 saturated heterocycles. The first-order chi connectivity index (χ1) is 5.55. The van der Waals surface area contributed by atoms with Crippen LogP contribution < -0.4 is 0 Å². The predicted molar refractivity (Wildman–Crippen MR) is 67.6 cm³/mol. The Bertz CT molecular complexity index is 140. The summed E-state index contributed by atoms with van der Waals surface area (Å²) in [6.45, 7) is 13.8. The Morgan fingerprint density at radius 1 is 0.923 bits per heavy atom. The molecule has 13 heavy (non-hydrogen) atoms. The van der Waals surface area contributed by atoms with Crippen molar-refractivity contribution < 1.29 is 0 Å². The SMILES string of the molecule is CN([SiH2]N([SiH3])C(C)(C)C)C(C)(C)C. The molecule has 0 aliphatic rings. The van der Waals surface area contributed by atoms with Crippen molar-refractivity contribution in [3.63, 3.8) is 0 Å². The molecule has 0 aromatic rings. The number of hydrogen-bond donors (Lipinski definition) is 0. The third-order valence-electron chi connectivity index (χ3n) is 2.71. The minimum absolute atomic E-state index is 0.220. The van der Waals surface area contributed by atoms with Crippen LogP contribution in [0.4, 0.5) is 0 Å². The van der Waals surface area contributed by atoms with E-state index < -0.39 is 0 Å². The van der Waals surface area contributed by atoms with Crippen LogP contribution in [0.25, 0.3) is 0 Å². The van der Waals surface area contributed by atoms with Gasteiger partial charge in [0, 0.05) is 5.54 Å². The van der Waals surface area contributed by atoms with E-state index in [0.717, 1.165) is 0 Å². The first kappa shape index (κ1) is 13.4. The maximum atomic E-state index is 2.64. The molecule has 0 rings (SSSR count). The van der Waals surface area contributed by atoms with Crippen LogP contribution in [0.1, 0.15) is 41.5 Å². The number of rotatable bonds is 2. The van der Waals surface area contributed by atoms with Gasteiger partial charge in [0.05, 0.1) is 10.4 Å². The molecule has 0 aromatic carbocycles. The van der Waals surface area contributed by atoms with Gasteiger partial charge in [0.25, 0.3) is 0 Å². The zero-order chi connectivity index (χ0) is 10.9. The van der Waals surface area contributed by atoms with Gasteiger partial charge in [0.1, 0.15) is 0 Å². The summed E-state index contributed by atoms with van der Waals surface area (Å²) in [5.74, 6) is 0. The Balaban J connectivity index is 4.15. The van der Waals surface area contributed by atoms with Crippen molar-refractivity contribution in [3.8, 4) is 0 Å².